The fourth-order valence-electron chi connectivity index (χ4n) is 4.01. The topological polar surface area (TPSA) is 104 Å². The SMILES string of the molecule is CC(=O)N1CCCC2(N=C(N)N(C)O2)c2cc(-c3cccc(C#N)c3)ccc2OCC1. The van der Waals surface area contributed by atoms with Crippen LogP contribution in [0.25, 0.3) is 11.1 Å². The largest absolute Gasteiger partial charge is 0.491 e. The van der Waals surface area contributed by atoms with Gasteiger partial charge in [0.25, 0.3) is 0 Å². The van der Waals surface area contributed by atoms with Gasteiger partial charge in [-0.1, -0.05) is 18.2 Å². The number of guanidine groups is 1. The van der Waals surface area contributed by atoms with Crippen molar-refractivity contribution in [3.05, 3.63) is 53.6 Å². The first kappa shape index (κ1) is 20.7. The maximum Gasteiger partial charge on any atom is 0.219 e. The molecule has 4 rings (SSSR count). The van der Waals surface area contributed by atoms with E-state index in [1.807, 2.05) is 36.4 Å². The van der Waals surface area contributed by atoms with Crippen LogP contribution in [-0.4, -0.2) is 48.6 Å². The van der Waals surface area contributed by atoms with Crippen LogP contribution in [0.4, 0.5) is 0 Å². The minimum Gasteiger partial charge on any atom is -0.491 e. The van der Waals surface area contributed by atoms with Gasteiger partial charge in [0.15, 0.2) is 0 Å². The normalized spacial score (nSPS) is 21.1. The van der Waals surface area contributed by atoms with E-state index in [2.05, 4.69) is 11.1 Å². The molecule has 1 unspecified atom stereocenters. The summed E-state index contributed by atoms with van der Waals surface area (Å²) >= 11 is 0. The molecule has 31 heavy (non-hydrogen) atoms. The number of rotatable bonds is 1. The molecule has 0 aromatic heterocycles. The third-order valence-corrected chi connectivity index (χ3v) is 5.64. The summed E-state index contributed by atoms with van der Waals surface area (Å²) in [5, 5.41) is 10.7. The van der Waals surface area contributed by atoms with Gasteiger partial charge in [0.05, 0.1) is 23.7 Å². The van der Waals surface area contributed by atoms with Crippen LogP contribution in [0.3, 0.4) is 0 Å². The molecule has 0 radical (unpaired) electrons. The first-order chi connectivity index (χ1) is 14.9. The lowest BCUT2D eigenvalue weighted by molar-refractivity contribution is -0.178. The molecular weight excluding hydrogens is 394 g/mol. The molecule has 0 aliphatic carbocycles. The maximum absolute atomic E-state index is 11.9. The number of aliphatic imine (C=N–C) groups is 1. The highest BCUT2D eigenvalue weighted by Crippen LogP contribution is 2.43. The molecule has 2 aliphatic rings. The van der Waals surface area contributed by atoms with Crippen LogP contribution in [-0.2, 0) is 15.4 Å². The lowest BCUT2D eigenvalue weighted by Crippen LogP contribution is -2.37. The summed E-state index contributed by atoms with van der Waals surface area (Å²) in [6.45, 7) is 3.02. The number of hydrogen-bond donors (Lipinski definition) is 1. The maximum atomic E-state index is 11.9. The molecule has 2 heterocycles. The Bertz CT molecular complexity index is 1080. The molecule has 1 amide bonds. The molecule has 8 heteroatoms. The van der Waals surface area contributed by atoms with E-state index < -0.39 is 5.72 Å². The van der Waals surface area contributed by atoms with Gasteiger partial charge in [-0.3, -0.25) is 4.79 Å². The number of hydroxylamine groups is 2. The van der Waals surface area contributed by atoms with E-state index in [1.165, 1.54) is 5.06 Å². The first-order valence-electron chi connectivity index (χ1n) is 10.2. The van der Waals surface area contributed by atoms with Gasteiger partial charge in [-0.15, -0.1) is 0 Å². The van der Waals surface area contributed by atoms with Crippen LogP contribution >= 0.6 is 0 Å². The Morgan fingerprint density at radius 1 is 1.23 bits per heavy atom. The second-order valence-electron chi connectivity index (χ2n) is 7.70. The van der Waals surface area contributed by atoms with Gasteiger partial charge < -0.3 is 15.4 Å². The van der Waals surface area contributed by atoms with Crippen molar-refractivity contribution in [3.8, 4) is 22.9 Å². The molecule has 2 aromatic rings. The number of amides is 1. The quantitative estimate of drug-likeness (QED) is 0.762. The van der Waals surface area contributed by atoms with E-state index in [0.29, 0.717) is 43.9 Å². The summed E-state index contributed by atoms with van der Waals surface area (Å²) in [6, 6.07) is 15.4. The zero-order valence-electron chi connectivity index (χ0n) is 17.7. The van der Waals surface area contributed by atoms with Crippen LogP contribution in [0.1, 0.15) is 30.9 Å². The number of hydrogen-bond acceptors (Lipinski definition) is 7. The minimum absolute atomic E-state index is 0.0126. The van der Waals surface area contributed by atoms with Crippen molar-refractivity contribution in [3.63, 3.8) is 0 Å². The van der Waals surface area contributed by atoms with E-state index in [0.717, 1.165) is 16.7 Å². The zero-order chi connectivity index (χ0) is 22.0. The van der Waals surface area contributed by atoms with Crippen molar-refractivity contribution >= 4 is 11.9 Å². The van der Waals surface area contributed by atoms with Gasteiger partial charge in [-0.25, -0.2) is 14.9 Å². The molecule has 0 saturated heterocycles. The number of ether oxygens (including phenoxy) is 1. The summed E-state index contributed by atoms with van der Waals surface area (Å²) in [5.74, 6) is 0.930. The molecule has 2 aromatic carbocycles. The Morgan fingerprint density at radius 3 is 2.74 bits per heavy atom. The molecule has 2 aliphatic heterocycles. The van der Waals surface area contributed by atoms with Crippen molar-refractivity contribution in [1.82, 2.24) is 9.96 Å². The zero-order valence-corrected chi connectivity index (χ0v) is 17.7. The first-order valence-corrected chi connectivity index (χ1v) is 10.2. The number of benzene rings is 2. The third-order valence-electron chi connectivity index (χ3n) is 5.64. The average Bonchev–Trinajstić information content (AvgIpc) is 3.06. The van der Waals surface area contributed by atoms with Crippen molar-refractivity contribution in [1.29, 1.82) is 5.26 Å². The lowest BCUT2D eigenvalue weighted by Gasteiger charge is -2.31. The van der Waals surface area contributed by atoms with Crippen molar-refractivity contribution in [2.24, 2.45) is 10.7 Å². The summed E-state index contributed by atoms with van der Waals surface area (Å²) in [5.41, 5.74) is 8.23. The number of carbonyl (C=O) groups excluding carboxylic acids is 1. The van der Waals surface area contributed by atoms with Gasteiger partial charge >= 0.3 is 0 Å². The summed E-state index contributed by atoms with van der Waals surface area (Å²) in [6.07, 6.45) is 1.22. The lowest BCUT2D eigenvalue weighted by atomic mass is 9.92. The number of carbonyl (C=O) groups is 1. The molecule has 0 fully saturated rings. The van der Waals surface area contributed by atoms with Gasteiger partial charge in [-0.2, -0.15) is 5.26 Å². The number of nitrogens with two attached hydrogens (primary N) is 1. The highest BCUT2D eigenvalue weighted by molar-refractivity contribution is 5.79. The highest BCUT2D eigenvalue weighted by Gasteiger charge is 2.43. The number of nitrogens with zero attached hydrogens (tertiary/aromatic N) is 4. The van der Waals surface area contributed by atoms with Crippen LogP contribution in [0.15, 0.2) is 47.5 Å². The smallest absolute Gasteiger partial charge is 0.219 e. The van der Waals surface area contributed by atoms with Crippen LogP contribution in [0.5, 0.6) is 5.75 Å². The van der Waals surface area contributed by atoms with E-state index in [1.54, 1.807) is 24.9 Å². The standard InChI is InChI=1S/C23H25N5O3/c1-16(29)28-10-4-9-23(26-22(25)27(2)31-23)20-14-19(7-8-21(20)30-12-11-28)18-6-3-5-17(13-18)15-24/h3,5-8,13-14H,4,9-12H2,1-2H3,(H2,25,26). The predicted octanol–water partition coefficient (Wildman–Crippen LogP) is 2.59. The van der Waals surface area contributed by atoms with Gasteiger partial charge in [0.1, 0.15) is 12.4 Å². The molecule has 160 valence electrons. The molecule has 0 bridgehead atoms. The Kier molecular flexibility index (Phi) is 5.53. The minimum atomic E-state index is -1.04. The Balaban J connectivity index is 1.81. The van der Waals surface area contributed by atoms with Crippen molar-refractivity contribution < 1.29 is 14.4 Å². The summed E-state index contributed by atoms with van der Waals surface area (Å²) < 4.78 is 6.08. The molecule has 8 nitrogen and oxygen atoms in total. The summed E-state index contributed by atoms with van der Waals surface area (Å²) in [4.78, 5) is 24.5. The second kappa shape index (κ2) is 8.28. The predicted molar refractivity (Wildman–Crippen MR) is 116 cm³/mol. The fraction of sp³-hybridized carbons (Fsp3) is 0.348. The second-order valence-corrected chi connectivity index (χ2v) is 7.70. The molecule has 1 spiro atoms. The monoisotopic (exact) mass is 419 g/mol. The number of fused-ring (bicyclic) bond motifs is 2. The molecule has 2 N–H and O–H groups in total. The fourth-order valence-corrected chi connectivity index (χ4v) is 4.01. The number of nitriles is 1. The van der Waals surface area contributed by atoms with Gasteiger partial charge in [0.2, 0.25) is 17.6 Å². The van der Waals surface area contributed by atoms with E-state index in [-0.39, 0.29) is 11.9 Å². The Morgan fingerprint density at radius 2 is 2.03 bits per heavy atom. The summed E-state index contributed by atoms with van der Waals surface area (Å²) in [7, 11) is 1.72. The Labute approximate surface area is 181 Å². The van der Waals surface area contributed by atoms with Crippen LogP contribution in [0, 0.1) is 11.3 Å². The van der Waals surface area contributed by atoms with E-state index in [4.69, 9.17) is 15.3 Å². The Hall–Kier alpha value is -3.57. The van der Waals surface area contributed by atoms with E-state index in [9.17, 15) is 10.1 Å². The van der Waals surface area contributed by atoms with Crippen LogP contribution in [0.2, 0.25) is 0 Å². The molecule has 0 saturated carbocycles. The molecule has 1 atom stereocenters. The van der Waals surface area contributed by atoms with Crippen molar-refractivity contribution in [2.75, 3.05) is 26.7 Å². The van der Waals surface area contributed by atoms with Crippen molar-refractivity contribution in [2.45, 2.75) is 25.5 Å². The third kappa shape index (κ3) is 4.05. The van der Waals surface area contributed by atoms with Gasteiger partial charge in [-0.05, 0) is 41.8 Å². The molecular formula is C23H25N5O3. The van der Waals surface area contributed by atoms with Gasteiger partial charge in [0, 0.05) is 26.9 Å². The average molecular weight is 419 g/mol. The highest BCUT2D eigenvalue weighted by atomic mass is 16.7. The van der Waals surface area contributed by atoms with Crippen LogP contribution < -0.4 is 10.5 Å². The van der Waals surface area contributed by atoms with E-state index >= 15 is 0 Å².